The summed E-state index contributed by atoms with van der Waals surface area (Å²) in [6.07, 6.45) is 0. The van der Waals surface area contributed by atoms with Gasteiger partial charge in [-0.05, 0) is 30.0 Å². The van der Waals surface area contributed by atoms with Gasteiger partial charge in [-0.3, -0.25) is 10.1 Å². The molecule has 0 spiro atoms. The number of carbonyl (C=O) groups excluding carboxylic acids is 1. The van der Waals surface area contributed by atoms with Crippen LogP contribution in [0.4, 0.5) is 5.13 Å². The van der Waals surface area contributed by atoms with Crippen LogP contribution in [0.1, 0.15) is 17.3 Å². The monoisotopic (exact) mass is 374 g/mol. The number of benzene rings is 2. The second-order valence-corrected chi connectivity index (χ2v) is 7.53. The molecule has 0 radical (unpaired) electrons. The third-order valence-electron chi connectivity index (χ3n) is 3.30. The lowest BCUT2D eigenvalue weighted by atomic mass is 10.2. The maximum atomic E-state index is 12.5. The van der Waals surface area contributed by atoms with Crippen molar-refractivity contribution in [3.8, 4) is 11.3 Å². The van der Waals surface area contributed by atoms with Gasteiger partial charge in [0.05, 0.1) is 11.3 Å². The molecule has 1 amide bonds. The van der Waals surface area contributed by atoms with Crippen LogP contribution in [0.15, 0.2) is 58.8 Å². The summed E-state index contributed by atoms with van der Waals surface area (Å²) in [6, 6.07) is 15.1. The largest absolute Gasteiger partial charge is 0.298 e. The Hall–Kier alpha value is -1.82. The Morgan fingerprint density at radius 3 is 2.71 bits per heavy atom. The Labute approximate surface area is 154 Å². The first kappa shape index (κ1) is 17.0. The minimum atomic E-state index is -0.136. The minimum absolute atomic E-state index is 0.136. The molecule has 3 nitrogen and oxygen atoms in total. The van der Waals surface area contributed by atoms with Gasteiger partial charge >= 0.3 is 0 Å². The van der Waals surface area contributed by atoms with E-state index >= 15 is 0 Å². The molecule has 0 unspecified atom stereocenters. The van der Waals surface area contributed by atoms with Crippen molar-refractivity contribution in [1.82, 2.24) is 4.98 Å². The molecule has 1 N–H and O–H groups in total. The van der Waals surface area contributed by atoms with E-state index in [1.54, 1.807) is 11.8 Å². The highest BCUT2D eigenvalue weighted by Gasteiger charge is 2.13. The molecule has 0 aliphatic heterocycles. The van der Waals surface area contributed by atoms with E-state index in [0.717, 1.165) is 21.9 Å². The van der Waals surface area contributed by atoms with Gasteiger partial charge in [-0.1, -0.05) is 42.8 Å². The van der Waals surface area contributed by atoms with E-state index < -0.39 is 0 Å². The van der Waals surface area contributed by atoms with Crippen LogP contribution in [-0.4, -0.2) is 16.6 Å². The number of hydrogen-bond acceptors (Lipinski definition) is 4. The molecule has 0 aliphatic rings. The fraction of sp³-hybridized carbons (Fsp3) is 0.111. The average molecular weight is 375 g/mol. The Bertz CT molecular complexity index is 846. The highest BCUT2D eigenvalue weighted by atomic mass is 35.5. The number of amides is 1. The molecule has 24 heavy (non-hydrogen) atoms. The lowest BCUT2D eigenvalue weighted by molar-refractivity contribution is 0.102. The first-order chi connectivity index (χ1) is 11.7. The summed E-state index contributed by atoms with van der Waals surface area (Å²) in [5, 5.41) is 6.08. The second-order valence-electron chi connectivity index (χ2n) is 4.93. The highest BCUT2D eigenvalue weighted by Crippen LogP contribution is 2.27. The lowest BCUT2D eigenvalue weighted by Crippen LogP contribution is -2.12. The topological polar surface area (TPSA) is 42.0 Å². The Morgan fingerprint density at radius 1 is 1.21 bits per heavy atom. The number of aromatic nitrogens is 1. The van der Waals surface area contributed by atoms with Crippen LogP contribution in [0.5, 0.6) is 0 Å². The summed E-state index contributed by atoms with van der Waals surface area (Å²) in [6.45, 7) is 2.07. The van der Waals surface area contributed by atoms with Crippen molar-refractivity contribution in [2.24, 2.45) is 0 Å². The summed E-state index contributed by atoms with van der Waals surface area (Å²) in [5.74, 6) is 0.783. The molecule has 0 fully saturated rings. The van der Waals surface area contributed by atoms with Gasteiger partial charge < -0.3 is 0 Å². The first-order valence-electron chi connectivity index (χ1n) is 7.42. The molecule has 0 atom stereocenters. The van der Waals surface area contributed by atoms with E-state index in [1.165, 1.54) is 11.3 Å². The van der Waals surface area contributed by atoms with Crippen LogP contribution >= 0.6 is 34.7 Å². The van der Waals surface area contributed by atoms with Crippen molar-refractivity contribution in [2.45, 2.75) is 11.8 Å². The molecule has 0 saturated carbocycles. The number of thiazole rings is 1. The van der Waals surface area contributed by atoms with E-state index in [1.807, 2.05) is 53.9 Å². The number of carbonyl (C=O) groups is 1. The summed E-state index contributed by atoms with van der Waals surface area (Å²) in [5.41, 5.74) is 2.47. The smallest absolute Gasteiger partial charge is 0.258 e. The van der Waals surface area contributed by atoms with E-state index in [0.29, 0.717) is 15.7 Å². The summed E-state index contributed by atoms with van der Waals surface area (Å²) in [7, 11) is 0. The fourth-order valence-corrected chi connectivity index (χ4v) is 3.83. The molecule has 3 rings (SSSR count). The number of rotatable bonds is 5. The molecule has 1 aromatic heterocycles. The van der Waals surface area contributed by atoms with Crippen LogP contribution in [0.25, 0.3) is 11.3 Å². The number of anilines is 1. The predicted molar refractivity (Wildman–Crippen MR) is 103 cm³/mol. The third-order valence-corrected chi connectivity index (χ3v) is 5.26. The van der Waals surface area contributed by atoms with E-state index in [9.17, 15) is 4.79 Å². The molecule has 6 heteroatoms. The van der Waals surface area contributed by atoms with Crippen molar-refractivity contribution >= 4 is 45.7 Å². The first-order valence-corrected chi connectivity index (χ1v) is 9.66. The summed E-state index contributed by atoms with van der Waals surface area (Å²) < 4.78 is 0. The van der Waals surface area contributed by atoms with Crippen LogP contribution in [-0.2, 0) is 0 Å². The molecular weight excluding hydrogens is 360 g/mol. The highest BCUT2D eigenvalue weighted by molar-refractivity contribution is 7.99. The standard InChI is InChI=1S/C18H15ClN2OS2/c1-2-23-16-6-4-3-5-14(16)17(22)21-18-20-15(11-24-18)12-7-9-13(19)10-8-12/h3-11H,2H2,1H3,(H,20,21,22). The molecule has 0 bridgehead atoms. The molecule has 0 saturated heterocycles. The lowest BCUT2D eigenvalue weighted by Gasteiger charge is -2.07. The molecule has 3 aromatic rings. The quantitative estimate of drug-likeness (QED) is 0.571. The summed E-state index contributed by atoms with van der Waals surface area (Å²) in [4.78, 5) is 18.0. The van der Waals surface area contributed by atoms with Gasteiger partial charge in [-0.25, -0.2) is 4.98 Å². The van der Waals surface area contributed by atoms with Crippen molar-refractivity contribution in [2.75, 3.05) is 11.1 Å². The number of hydrogen-bond donors (Lipinski definition) is 1. The van der Waals surface area contributed by atoms with Gasteiger partial charge in [0.2, 0.25) is 0 Å². The van der Waals surface area contributed by atoms with Gasteiger partial charge in [0, 0.05) is 20.9 Å². The van der Waals surface area contributed by atoms with Gasteiger partial charge in [0.1, 0.15) is 0 Å². The zero-order valence-electron chi connectivity index (χ0n) is 13.0. The molecule has 1 heterocycles. The van der Waals surface area contributed by atoms with Crippen LogP contribution in [0.2, 0.25) is 5.02 Å². The van der Waals surface area contributed by atoms with Gasteiger partial charge in [0.15, 0.2) is 5.13 Å². The Morgan fingerprint density at radius 2 is 1.96 bits per heavy atom. The minimum Gasteiger partial charge on any atom is -0.298 e. The number of nitrogens with zero attached hydrogens (tertiary/aromatic N) is 1. The number of thioether (sulfide) groups is 1. The summed E-state index contributed by atoms with van der Waals surface area (Å²) >= 11 is 8.97. The van der Waals surface area contributed by atoms with Crippen molar-refractivity contribution in [1.29, 1.82) is 0 Å². The Kier molecular flexibility index (Phi) is 5.56. The molecule has 122 valence electrons. The van der Waals surface area contributed by atoms with Crippen molar-refractivity contribution in [3.63, 3.8) is 0 Å². The Balaban J connectivity index is 1.77. The van der Waals surface area contributed by atoms with Gasteiger partial charge in [-0.15, -0.1) is 23.1 Å². The predicted octanol–water partition coefficient (Wildman–Crippen LogP) is 5.83. The van der Waals surface area contributed by atoms with Gasteiger partial charge in [-0.2, -0.15) is 0 Å². The fourth-order valence-electron chi connectivity index (χ4n) is 2.18. The second kappa shape index (κ2) is 7.83. The normalized spacial score (nSPS) is 10.6. The zero-order chi connectivity index (χ0) is 16.9. The van der Waals surface area contributed by atoms with Crippen molar-refractivity contribution in [3.05, 3.63) is 64.5 Å². The maximum absolute atomic E-state index is 12.5. The maximum Gasteiger partial charge on any atom is 0.258 e. The van der Waals surface area contributed by atoms with E-state index in [-0.39, 0.29) is 5.91 Å². The zero-order valence-corrected chi connectivity index (χ0v) is 15.3. The number of halogens is 1. The van der Waals surface area contributed by atoms with Crippen LogP contribution in [0, 0.1) is 0 Å². The third kappa shape index (κ3) is 3.98. The molecular formula is C18H15ClN2OS2. The SMILES string of the molecule is CCSc1ccccc1C(=O)Nc1nc(-c2ccc(Cl)cc2)cs1. The molecule has 0 aliphatic carbocycles. The van der Waals surface area contributed by atoms with Crippen LogP contribution < -0.4 is 5.32 Å². The average Bonchev–Trinajstić information content (AvgIpc) is 3.05. The van der Waals surface area contributed by atoms with Crippen LogP contribution in [0.3, 0.4) is 0 Å². The number of nitrogens with one attached hydrogen (secondary N) is 1. The van der Waals surface area contributed by atoms with Gasteiger partial charge in [0.25, 0.3) is 5.91 Å². The molecule has 2 aromatic carbocycles. The van der Waals surface area contributed by atoms with Crippen molar-refractivity contribution < 1.29 is 4.79 Å². The van der Waals surface area contributed by atoms with E-state index in [2.05, 4.69) is 17.2 Å². The van der Waals surface area contributed by atoms with E-state index in [4.69, 9.17) is 11.6 Å².